The van der Waals surface area contributed by atoms with Crippen LogP contribution in [0.5, 0.6) is 0 Å². The van der Waals surface area contributed by atoms with Gasteiger partial charge >= 0.3 is 0 Å². The van der Waals surface area contributed by atoms with E-state index < -0.39 is 5.79 Å². The van der Waals surface area contributed by atoms with Crippen LogP contribution in [0.2, 0.25) is 0 Å². The molecule has 0 aromatic carbocycles. The topological polar surface area (TPSA) is 35.5 Å². The molecule has 3 unspecified atom stereocenters. The summed E-state index contributed by atoms with van der Waals surface area (Å²) in [4.78, 5) is 11.9. The number of carbonyl (C=O) groups is 1. The molecule has 3 atom stereocenters. The maximum atomic E-state index is 11.9. The summed E-state index contributed by atoms with van der Waals surface area (Å²) in [6, 6.07) is 0. The molecule has 1 aliphatic carbocycles. The molecule has 0 aromatic heterocycles. The van der Waals surface area contributed by atoms with Gasteiger partial charge in [-0.05, 0) is 39.7 Å². The summed E-state index contributed by atoms with van der Waals surface area (Å²) < 4.78 is 12.2. The van der Waals surface area contributed by atoms with Gasteiger partial charge in [-0.3, -0.25) is 4.79 Å². The number of Topliss-reactive ketones (excluding diaryl/α,β-unsaturated/α-hetero) is 1. The van der Waals surface area contributed by atoms with Crippen LogP contribution in [0.1, 0.15) is 47.5 Å². The third-order valence-corrected chi connectivity index (χ3v) is 3.54. The summed E-state index contributed by atoms with van der Waals surface area (Å²) in [5, 5.41) is 0. The second kappa shape index (κ2) is 7.01. The Hall–Kier alpha value is -0.930. The quantitative estimate of drug-likeness (QED) is 0.660. The number of ether oxygens (including phenoxy) is 2. The molecule has 0 aromatic rings. The zero-order valence-electron chi connectivity index (χ0n) is 12.7. The van der Waals surface area contributed by atoms with E-state index in [1.165, 1.54) is 0 Å². The van der Waals surface area contributed by atoms with Crippen molar-refractivity contribution >= 4 is 5.78 Å². The maximum absolute atomic E-state index is 11.9. The van der Waals surface area contributed by atoms with Crippen LogP contribution in [0.15, 0.2) is 24.3 Å². The van der Waals surface area contributed by atoms with Crippen molar-refractivity contribution in [1.29, 1.82) is 0 Å². The van der Waals surface area contributed by atoms with E-state index in [2.05, 4.69) is 13.8 Å². The number of carbonyl (C=O) groups excluding carboxylic acids is 1. The Kier molecular flexibility index (Phi) is 5.95. The van der Waals surface area contributed by atoms with Crippen LogP contribution in [-0.4, -0.2) is 23.8 Å². The molecule has 0 saturated carbocycles. The zero-order valence-corrected chi connectivity index (χ0v) is 12.7. The summed E-state index contributed by atoms with van der Waals surface area (Å²) in [5.41, 5.74) is 0. The lowest BCUT2D eigenvalue weighted by atomic mass is 9.89. The Bertz CT molecular complexity index is 345. The van der Waals surface area contributed by atoms with Gasteiger partial charge in [0.2, 0.25) is 5.79 Å². The maximum Gasteiger partial charge on any atom is 0.202 e. The van der Waals surface area contributed by atoms with Gasteiger partial charge < -0.3 is 9.47 Å². The third kappa shape index (κ3) is 4.02. The average molecular weight is 266 g/mol. The normalized spacial score (nSPS) is 29.2. The van der Waals surface area contributed by atoms with Gasteiger partial charge in [0.1, 0.15) is 5.78 Å². The predicted octanol–water partition coefficient (Wildman–Crippen LogP) is 3.64. The highest BCUT2D eigenvalue weighted by Gasteiger charge is 2.43. The Morgan fingerprint density at radius 1 is 1.16 bits per heavy atom. The minimum absolute atomic E-state index is 0.0436. The van der Waals surface area contributed by atoms with E-state index in [4.69, 9.17) is 9.47 Å². The summed E-state index contributed by atoms with van der Waals surface area (Å²) >= 11 is 0. The fourth-order valence-electron chi connectivity index (χ4n) is 2.07. The Morgan fingerprint density at radius 3 is 2.11 bits per heavy atom. The molecular formula is C16H26O3. The van der Waals surface area contributed by atoms with Crippen molar-refractivity contribution in [2.75, 3.05) is 0 Å². The highest BCUT2D eigenvalue weighted by atomic mass is 16.7. The molecule has 0 saturated heterocycles. The van der Waals surface area contributed by atoms with Crippen LogP contribution in [0, 0.1) is 5.92 Å². The monoisotopic (exact) mass is 266 g/mol. The molecule has 1 aliphatic rings. The summed E-state index contributed by atoms with van der Waals surface area (Å²) in [6.45, 7) is 9.72. The van der Waals surface area contributed by atoms with Crippen molar-refractivity contribution in [3.63, 3.8) is 0 Å². The van der Waals surface area contributed by atoms with Crippen molar-refractivity contribution in [2.24, 2.45) is 5.92 Å². The van der Waals surface area contributed by atoms with Gasteiger partial charge in [-0.25, -0.2) is 0 Å². The lowest BCUT2D eigenvalue weighted by molar-refractivity contribution is -0.260. The van der Waals surface area contributed by atoms with Gasteiger partial charge in [0.15, 0.2) is 0 Å². The SMILES string of the molecule is CCC(C)OC1(OC(C)CC)C=CC=CC1C(C)=O. The smallest absolute Gasteiger partial charge is 0.202 e. The van der Waals surface area contributed by atoms with E-state index in [0.717, 1.165) is 12.8 Å². The molecular weight excluding hydrogens is 240 g/mol. The van der Waals surface area contributed by atoms with Crippen molar-refractivity contribution in [3.8, 4) is 0 Å². The summed E-state index contributed by atoms with van der Waals surface area (Å²) in [7, 11) is 0. The molecule has 0 spiro atoms. The van der Waals surface area contributed by atoms with Crippen molar-refractivity contribution in [3.05, 3.63) is 24.3 Å². The van der Waals surface area contributed by atoms with Crippen LogP contribution in [0.3, 0.4) is 0 Å². The van der Waals surface area contributed by atoms with Gasteiger partial charge in [0.25, 0.3) is 0 Å². The molecule has 3 heteroatoms. The van der Waals surface area contributed by atoms with Gasteiger partial charge in [-0.15, -0.1) is 0 Å². The first-order chi connectivity index (χ1) is 8.95. The molecule has 0 radical (unpaired) electrons. The van der Waals surface area contributed by atoms with Gasteiger partial charge in [-0.1, -0.05) is 32.1 Å². The van der Waals surface area contributed by atoms with Gasteiger partial charge in [0, 0.05) is 0 Å². The first-order valence-electron chi connectivity index (χ1n) is 7.17. The molecule has 0 aliphatic heterocycles. The molecule has 0 heterocycles. The average Bonchev–Trinajstić information content (AvgIpc) is 2.38. The minimum atomic E-state index is -0.953. The van der Waals surface area contributed by atoms with Crippen LogP contribution < -0.4 is 0 Å². The number of rotatable bonds is 7. The third-order valence-electron chi connectivity index (χ3n) is 3.54. The summed E-state index contributed by atoms with van der Waals surface area (Å²) in [5.74, 6) is -1.27. The second-order valence-corrected chi connectivity index (χ2v) is 5.23. The molecule has 0 amide bonds. The van der Waals surface area contributed by atoms with Crippen molar-refractivity contribution < 1.29 is 14.3 Å². The second-order valence-electron chi connectivity index (χ2n) is 5.23. The summed E-state index contributed by atoms with van der Waals surface area (Å²) in [6.07, 6.45) is 9.37. The fraction of sp³-hybridized carbons (Fsp3) is 0.688. The number of hydrogen-bond acceptors (Lipinski definition) is 3. The molecule has 108 valence electrons. The minimum Gasteiger partial charge on any atom is -0.342 e. The van der Waals surface area contributed by atoms with E-state index in [1.807, 2.05) is 38.2 Å². The Morgan fingerprint density at radius 2 is 1.68 bits per heavy atom. The number of ketones is 1. The van der Waals surface area contributed by atoms with E-state index in [-0.39, 0.29) is 23.9 Å². The highest BCUT2D eigenvalue weighted by Crippen LogP contribution is 2.34. The van der Waals surface area contributed by atoms with Crippen molar-refractivity contribution in [2.45, 2.75) is 65.5 Å². The largest absolute Gasteiger partial charge is 0.342 e. The standard InChI is InChI=1S/C16H26O3/c1-6-12(3)18-16(19-13(4)7-2)11-9-8-10-15(16)14(5)17/h8-13,15H,6-7H2,1-5H3. The first kappa shape index (κ1) is 16.1. The zero-order chi connectivity index (χ0) is 14.5. The van der Waals surface area contributed by atoms with Crippen LogP contribution in [-0.2, 0) is 14.3 Å². The van der Waals surface area contributed by atoms with E-state index in [0.29, 0.717) is 0 Å². The molecule has 1 rings (SSSR count). The molecule has 0 bridgehead atoms. The molecule has 0 N–H and O–H groups in total. The number of allylic oxidation sites excluding steroid dienone is 2. The predicted molar refractivity (Wildman–Crippen MR) is 76.9 cm³/mol. The Labute approximate surface area is 116 Å². The molecule has 19 heavy (non-hydrogen) atoms. The fourth-order valence-corrected chi connectivity index (χ4v) is 2.07. The lowest BCUT2D eigenvalue weighted by Gasteiger charge is -2.40. The molecule has 0 fully saturated rings. The first-order valence-corrected chi connectivity index (χ1v) is 7.17. The lowest BCUT2D eigenvalue weighted by Crippen LogP contribution is -2.48. The number of hydrogen-bond donors (Lipinski definition) is 0. The van der Waals surface area contributed by atoms with Crippen LogP contribution in [0.25, 0.3) is 0 Å². The van der Waals surface area contributed by atoms with Gasteiger partial charge in [0.05, 0.1) is 18.1 Å². The van der Waals surface area contributed by atoms with Crippen LogP contribution >= 0.6 is 0 Å². The van der Waals surface area contributed by atoms with Crippen LogP contribution in [0.4, 0.5) is 0 Å². The highest BCUT2D eigenvalue weighted by molar-refractivity contribution is 5.82. The van der Waals surface area contributed by atoms with Gasteiger partial charge in [-0.2, -0.15) is 0 Å². The van der Waals surface area contributed by atoms with Crippen molar-refractivity contribution in [1.82, 2.24) is 0 Å². The van der Waals surface area contributed by atoms with E-state index in [9.17, 15) is 4.79 Å². The Balaban J connectivity index is 3.04. The molecule has 3 nitrogen and oxygen atoms in total. The van der Waals surface area contributed by atoms with E-state index >= 15 is 0 Å². The van der Waals surface area contributed by atoms with E-state index in [1.54, 1.807) is 6.92 Å².